The molecular formula is C25H25NO3S. The summed E-state index contributed by atoms with van der Waals surface area (Å²) in [5.74, 6) is 1.67. The minimum absolute atomic E-state index is 0.138. The van der Waals surface area contributed by atoms with E-state index in [0.29, 0.717) is 28.5 Å². The van der Waals surface area contributed by atoms with Crippen molar-refractivity contribution in [3.63, 3.8) is 0 Å². The SMILES string of the molecule is COc1ccc2c(-c3cccc(CC(C)C)c3)c(-c3cccs3)c(=O)[nH]c2c1OC. The first kappa shape index (κ1) is 20.2. The number of benzene rings is 2. The predicted molar refractivity (Wildman–Crippen MR) is 125 cm³/mol. The average Bonchev–Trinajstić information content (AvgIpc) is 3.26. The van der Waals surface area contributed by atoms with Gasteiger partial charge in [0.1, 0.15) is 0 Å². The molecular weight excluding hydrogens is 394 g/mol. The highest BCUT2D eigenvalue weighted by atomic mass is 32.1. The lowest BCUT2D eigenvalue weighted by Crippen LogP contribution is -2.11. The van der Waals surface area contributed by atoms with Crippen LogP contribution in [-0.4, -0.2) is 19.2 Å². The first-order valence-electron chi connectivity index (χ1n) is 9.97. The maximum absolute atomic E-state index is 13.3. The Morgan fingerprint density at radius 3 is 2.50 bits per heavy atom. The monoisotopic (exact) mass is 419 g/mol. The third-order valence-electron chi connectivity index (χ3n) is 5.16. The fraction of sp³-hybridized carbons (Fsp3) is 0.240. The Morgan fingerprint density at radius 2 is 1.83 bits per heavy atom. The van der Waals surface area contributed by atoms with E-state index in [-0.39, 0.29) is 5.56 Å². The first-order chi connectivity index (χ1) is 14.5. The number of nitrogens with one attached hydrogen (secondary N) is 1. The second-order valence-corrected chi connectivity index (χ2v) is 8.65. The minimum Gasteiger partial charge on any atom is -0.493 e. The Hall–Kier alpha value is -3.05. The minimum atomic E-state index is -0.138. The van der Waals surface area contributed by atoms with Crippen LogP contribution in [-0.2, 0) is 6.42 Å². The largest absolute Gasteiger partial charge is 0.493 e. The number of thiophene rings is 1. The zero-order valence-electron chi connectivity index (χ0n) is 17.6. The van der Waals surface area contributed by atoms with Gasteiger partial charge in [-0.05, 0) is 47.0 Å². The van der Waals surface area contributed by atoms with Gasteiger partial charge < -0.3 is 14.5 Å². The standard InChI is InChI=1S/C25H25NO3S/c1-15(2)13-16-7-5-8-17(14-16)21-18-10-11-19(28-3)24(29-4)23(18)26-25(27)22(21)20-9-6-12-30-20/h5-12,14-15H,13H2,1-4H3,(H,26,27). The van der Waals surface area contributed by atoms with E-state index in [4.69, 9.17) is 9.47 Å². The van der Waals surface area contributed by atoms with E-state index in [2.05, 4.69) is 43.1 Å². The van der Waals surface area contributed by atoms with Crippen molar-refractivity contribution < 1.29 is 9.47 Å². The Balaban J connectivity index is 2.10. The number of H-pyrrole nitrogens is 1. The Kier molecular flexibility index (Phi) is 5.64. The van der Waals surface area contributed by atoms with Gasteiger partial charge in [-0.2, -0.15) is 0 Å². The zero-order valence-corrected chi connectivity index (χ0v) is 18.4. The van der Waals surface area contributed by atoms with Crippen LogP contribution in [0.15, 0.2) is 58.7 Å². The summed E-state index contributed by atoms with van der Waals surface area (Å²) in [5.41, 5.74) is 4.40. The Bertz CT molecular complexity index is 1240. The van der Waals surface area contributed by atoms with Crippen molar-refractivity contribution in [1.29, 1.82) is 0 Å². The highest BCUT2D eigenvalue weighted by Gasteiger charge is 2.21. The maximum Gasteiger partial charge on any atom is 0.257 e. The number of hydrogen-bond acceptors (Lipinski definition) is 4. The predicted octanol–water partition coefficient (Wildman–Crippen LogP) is 6.14. The number of methoxy groups -OCH3 is 2. The van der Waals surface area contributed by atoms with Crippen LogP contribution in [0.5, 0.6) is 11.5 Å². The van der Waals surface area contributed by atoms with Gasteiger partial charge in [0.15, 0.2) is 11.5 Å². The molecule has 4 rings (SSSR count). The van der Waals surface area contributed by atoms with E-state index in [9.17, 15) is 4.79 Å². The molecule has 1 N–H and O–H groups in total. The molecule has 0 saturated heterocycles. The van der Waals surface area contributed by atoms with Crippen molar-refractivity contribution in [3.05, 3.63) is 69.8 Å². The van der Waals surface area contributed by atoms with Gasteiger partial charge in [0.25, 0.3) is 5.56 Å². The molecule has 0 bridgehead atoms. The average molecular weight is 420 g/mol. The van der Waals surface area contributed by atoms with Gasteiger partial charge in [-0.1, -0.05) is 44.2 Å². The van der Waals surface area contributed by atoms with Crippen LogP contribution in [0.3, 0.4) is 0 Å². The molecule has 0 spiro atoms. The second-order valence-electron chi connectivity index (χ2n) is 7.70. The molecule has 5 heteroatoms. The molecule has 4 nitrogen and oxygen atoms in total. The number of aromatic amines is 1. The fourth-order valence-corrected chi connectivity index (χ4v) is 4.74. The summed E-state index contributed by atoms with van der Waals surface area (Å²) >= 11 is 1.56. The molecule has 0 aliphatic heterocycles. The number of aromatic nitrogens is 1. The molecule has 0 fully saturated rings. The summed E-state index contributed by atoms with van der Waals surface area (Å²) < 4.78 is 11.1. The van der Waals surface area contributed by atoms with E-state index < -0.39 is 0 Å². The highest BCUT2D eigenvalue weighted by molar-refractivity contribution is 7.13. The van der Waals surface area contributed by atoms with Crippen molar-refractivity contribution in [2.45, 2.75) is 20.3 Å². The summed E-state index contributed by atoms with van der Waals surface area (Å²) in [6.45, 7) is 4.42. The lowest BCUT2D eigenvalue weighted by Gasteiger charge is -2.17. The number of pyridine rings is 1. The fourth-order valence-electron chi connectivity index (χ4n) is 3.96. The van der Waals surface area contributed by atoms with Gasteiger partial charge in [0.2, 0.25) is 0 Å². The smallest absolute Gasteiger partial charge is 0.257 e. The number of rotatable bonds is 6. The van der Waals surface area contributed by atoms with Crippen LogP contribution in [0.1, 0.15) is 19.4 Å². The van der Waals surface area contributed by atoms with E-state index in [1.807, 2.05) is 29.6 Å². The van der Waals surface area contributed by atoms with Gasteiger partial charge in [-0.3, -0.25) is 4.79 Å². The summed E-state index contributed by atoms with van der Waals surface area (Å²) in [6, 6.07) is 16.3. The maximum atomic E-state index is 13.3. The van der Waals surface area contributed by atoms with Crippen molar-refractivity contribution in [2.24, 2.45) is 5.92 Å². The van der Waals surface area contributed by atoms with Crippen LogP contribution in [0.2, 0.25) is 0 Å². The topological polar surface area (TPSA) is 51.3 Å². The quantitative estimate of drug-likeness (QED) is 0.408. The van der Waals surface area contributed by atoms with Crippen LogP contribution < -0.4 is 15.0 Å². The molecule has 0 unspecified atom stereocenters. The normalized spacial score (nSPS) is 11.2. The van der Waals surface area contributed by atoms with Crippen molar-refractivity contribution >= 4 is 22.2 Å². The second kappa shape index (κ2) is 8.36. The molecule has 0 aliphatic carbocycles. The van der Waals surface area contributed by atoms with Crippen molar-refractivity contribution in [2.75, 3.05) is 14.2 Å². The van der Waals surface area contributed by atoms with Gasteiger partial charge in [0, 0.05) is 15.8 Å². The first-order valence-corrected chi connectivity index (χ1v) is 10.9. The van der Waals surface area contributed by atoms with Gasteiger partial charge in [0.05, 0.1) is 25.3 Å². The van der Waals surface area contributed by atoms with Crippen molar-refractivity contribution in [3.8, 4) is 33.1 Å². The molecule has 2 aromatic heterocycles. The van der Waals surface area contributed by atoms with E-state index in [1.165, 1.54) is 5.56 Å². The van der Waals surface area contributed by atoms with Crippen LogP contribution in [0.4, 0.5) is 0 Å². The van der Waals surface area contributed by atoms with Gasteiger partial charge >= 0.3 is 0 Å². The van der Waals surface area contributed by atoms with Gasteiger partial charge in [-0.15, -0.1) is 11.3 Å². The summed E-state index contributed by atoms with van der Waals surface area (Å²) in [4.78, 5) is 17.3. The number of ether oxygens (including phenoxy) is 2. The number of fused-ring (bicyclic) bond motifs is 1. The molecule has 0 atom stereocenters. The summed E-state index contributed by atoms with van der Waals surface area (Å²) in [5, 5.41) is 2.92. The summed E-state index contributed by atoms with van der Waals surface area (Å²) in [6.07, 6.45) is 0.987. The molecule has 0 aliphatic rings. The van der Waals surface area contributed by atoms with E-state index >= 15 is 0 Å². The van der Waals surface area contributed by atoms with Crippen LogP contribution in [0.25, 0.3) is 32.5 Å². The molecule has 30 heavy (non-hydrogen) atoms. The highest BCUT2D eigenvalue weighted by Crippen LogP contribution is 2.42. The molecule has 0 saturated carbocycles. The van der Waals surface area contributed by atoms with Gasteiger partial charge in [-0.25, -0.2) is 0 Å². The van der Waals surface area contributed by atoms with E-state index in [1.54, 1.807) is 25.6 Å². The third kappa shape index (κ3) is 3.61. The Labute approximate surface area is 180 Å². The molecule has 0 amide bonds. The van der Waals surface area contributed by atoms with E-state index in [0.717, 1.165) is 27.8 Å². The van der Waals surface area contributed by atoms with Crippen molar-refractivity contribution in [1.82, 2.24) is 4.98 Å². The molecule has 0 radical (unpaired) electrons. The molecule has 154 valence electrons. The molecule has 2 aromatic carbocycles. The summed E-state index contributed by atoms with van der Waals surface area (Å²) in [7, 11) is 3.18. The molecule has 4 aromatic rings. The third-order valence-corrected chi connectivity index (χ3v) is 6.05. The molecule has 2 heterocycles. The lowest BCUT2D eigenvalue weighted by atomic mass is 9.92. The number of hydrogen-bond donors (Lipinski definition) is 1. The lowest BCUT2D eigenvalue weighted by molar-refractivity contribution is 0.358. The zero-order chi connectivity index (χ0) is 21.3. The Morgan fingerprint density at radius 1 is 1.00 bits per heavy atom. The van der Waals surface area contributed by atoms with Crippen LogP contribution in [0, 0.1) is 5.92 Å². The van der Waals surface area contributed by atoms with Crippen LogP contribution >= 0.6 is 11.3 Å².